The van der Waals surface area contributed by atoms with Crippen LogP contribution in [0.4, 0.5) is 4.39 Å². The summed E-state index contributed by atoms with van der Waals surface area (Å²) in [4.78, 5) is 20.7. The van der Waals surface area contributed by atoms with Crippen LogP contribution >= 0.6 is 0 Å². The number of H-pyrrole nitrogens is 2. The molecule has 5 rings (SSSR count). The summed E-state index contributed by atoms with van der Waals surface area (Å²) in [7, 11) is 0. The summed E-state index contributed by atoms with van der Waals surface area (Å²) in [6, 6.07) is 18.4. The molecule has 0 fully saturated rings. The summed E-state index contributed by atoms with van der Waals surface area (Å²) in [5.74, 6) is -0.556. The fourth-order valence-electron chi connectivity index (χ4n) is 3.43. The Morgan fingerprint density at radius 3 is 2.68 bits per heavy atom. The average molecular weight is 370 g/mol. The number of fused-ring (bicyclic) bond motifs is 2. The summed E-state index contributed by atoms with van der Waals surface area (Å²) in [6.45, 7) is 0. The number of hydrogen-bond donors (Lipinski definition) is 2. The van der Waals surface area contributed by atoms with E-state index in [1.165, 1.54) is 12.3 Å². The van der Waals surface area contributed by atoms with Gasteiger partial charge in [-0.05, 0) is 29.8 Å². The van der Waals surface area contributed by atoms with Gasteiger partial charge in [-0.2, -0.15) is 4.39 Å². The Balaban J connectivity index is 1.55. The highest BCUT2D eigenvalue weighted by Gasteiger charge is 2.15. The Hall–Kier alpha value is -3.80. The number of nitrogens with zero attached hydrogens (tertiary/aromatic N) is 2. The van der Waals surface area contributed by atoms with Crippen molar-refractivity contribution in [3.05, 3.63) is 84.1 Å². The fraction of sp³-hybridized carbons (Fsp3) is 0.0455. The first kappa shape index (κ1) is 16.4. The molecule has 5 aromatic rings. The topological polar surface area (TPSA) is 74.4 Å². The van der Waals surface area contributed by atoms with Crippen LogP contribution in [-0.4, -0.2) is 25.9 Å². The van der Waals surface area contributed by atoms with Gasteiger partial charge in [-0.25, -0.2) is 9.97 Å². The highest BCUT2D eigenvalue weighted by Crippen LogP contribution is 2.30. The first-order valence-corrected chi connectivity index (χ1v) is 8.87. The highest BCUT2D eigenvalue weighted by molar-refractivity contribution is 6.05. The number of aromatic nitrogens is 4. The minimum atomic E-state index is -0.537. The lowest BCUT2D eigenvalue weighted by atomic mass is 10.1. The van der Waals surface area contributed by atoms with Gasteiger partial charge in [0, 0.05) is 35.0 Å². The van der Waals surface area contributed by atoms with Gasteiger partial charge in [0.15, 0.2) is 5.78 Å². The molecule has 0 aliphatic rings. The average Bonchev–Trinajstić information content (AvgIpc) is 3.30. The molecule has 0 unspecified atom stereocenters. The monoisotopic (exact) mass is 370 g/mol. The van der Waals surface area contributed by atoms with Gasteiger partial charge in [0.25, 0.3) is 0 Å². The highest BCUT2D eigenvalue weighted by atomic mass is 19.1. The third-order valence-corrected chi connectivity index (χ3v) is 4.80. The molecule has 0 bridgehead atoms. The molecule has 2 aromatic carbocycles. The zero-order valence-electron chi connectivity index (χ0n) is 14.7. The van der Waals surface area contributed by atoms with E-state index in [-0.39, 0.29) is 5.78 Å². The molecule has 0 amide bonds. The molecule has 0 radical (unpaired) electrons. The molecule has 0 saturated carbocycles. The van der Waals surface area contributed by atoms with Gasteiger partial charge in [0.05, 0.1) is 16.7 Å². The third kappa shape index (κ3) is 2.85. The second-order valence-corrected chi connectivity index (χ2v) is 6.68. The van der Waals surface area contributed by atoms with Crippen LogP contribution in [0.5, 0.6) is 0 Å². The van der Waals surface area contributed by atoms with Gasteiger partial charge in [-0.15, -0.1) is 0 Å². The summed E-state index contributed by atoms with van der Waals surface area (Å²) in [6.07, 6.45) is 1.75. The first-order valence-electron chi connectivity index (χ1n) is 8.87. The molecule has 28 heavy (non-hydrogen) atoms. The van der Waals surface area contributed by atoms with Crippen molar-refractivity contribution >= 4 is 27.6 Å². The predicted molar refractivity (Wildman–Crippen MR) is 106 cm³/mol. The molecule has 136 valence electrons. The van der Waals surface area contributed by atoms with Crippen molar-refractivity contribution in [2.75, 3.05) is 0 Å². The van der Waals surface area contributed by atoms with Crippen LogP contribution in [0, 0.1) is 5.95 Å². The maximum Gasteiger partial charge on any atom is 0.213 e. The van der Waals surface area contributed by atoms with E-state index in [1.807, 2.05) is 48.5 Å². The Labute approximate surface area is 159 Å². The first-order chi connectivity index (χ1) is 13.7. The lowest BCUT2D eigenvalue weighted by molar-refractivity contribution is 0.0989. The van der Waals surface area contributed by atoms with E-state index >= 15 is 0 Å². The number of carbonyl (C=O) groups is 1. The maximum absolute atomic E-state index is 13.5. The SMILES string of the molecule is O=C(Cc1ccccc1)c1cc2cc3c(-c4ccnc(F)c4)[nH][nH]c3cc2n1. The second kappa shape index (κ2) is 6.42. The minimum Gasteiger partial charge on any atom is -0.300 e. The van der Waals surface area contributed by atoms with Crippen molar-refractivity contribution in [2.24, 2.45) is 0 Å². The molecule has 3 heterocycles. The van der Waals surface area contributed by atoms with E-state index in [0.29, 0.717) is 17.7 Å². The lowest BCUT2D eigenvalue weighted by Crippen LogP contribution is -2.03. The van der Waals surface area contributed by atoms with Gasteiger partial charge in [0.1, 0.15) is 5.69 Å². The third-order valence-electron chi connectivity index (χ3n) is 4.80. The number of hydrogen-bond acceptors (Lipinski definition) is 3. The molecular weight excluding hydrogens is 355 g/mol. The van der Waals surface area contributed by atoms with Gasteiger partial charge >= 0.3 is 0 Å². The number of aromatic amines is 2. The van der Waals surface area contributed by atoms with E-state index in [2.05, 4.69) is 20.2 Å². The van der Waals surface area contributed by atoms with E-state index in [0.717, 1.165) is 33.1 Å². The summed E-state index contributed by atoms with van der Waals surface area (Å²) in [5, 5.41) is 7.93. The number of Topliss-reactive ketones (excluding diaryl/α,β-unsaturated/α-hetero) is 1. The molecule has 3 aromatic heterocycles. The number of nitrogens with one attached hydrogen (secondary N) is 2. The van der Waals surface area contributed by atoms with Gasteiger partial charge in [-0.1, -0.05) is 30.3 Å². The molecule has 0 aliphatic carbocycles. The molecule has 0 aliphatic heterocycles. The van der Waals surface area contributed by atoms with Crippen molar-refractivity contribution in [2.45, 2.75) is 6.42 Å². The summed E-state index contributed by atoms with van der Waals surface area (Å²) in [5.41, 5.74) is 4.44. The zero-order chi connectivity index (χ0) is 19.1. The molecule has 0 atom stereocenters. The van der Waals surface area contributed by atoms with Crippen LogP contribution < -0.4 is 0 Å². The molecule has 0 spiro atoms. The number of halogens is 1. The smallest absolute Gasteiger partial charge is 0.213 e. The van der Waals surface area contributed by atoms with Gasteiger partial charge in [-0.3, -0.25) is 9.89 Å². The van der Waals surface area contributed by atoms with Crippen LogP contribution in [0.1, 0.15) is 16.1 Å². The fourth-order valence-corrected chi connectivity index (χ4v) is 3.43. The van der Waals surface area contributed by atoms with E-state index in [4.69, 9.17) is 0 Å². The van der Waals surface area contributed by atoms with Crippen LogP contribution in [0.2, 0.25) is 0 Å². The Kier molecular flexibility index (Phi) is 3.76. The normalized spacial score (nSPS) is 11.3. The Morgan fingerprint density at radius 2 is 1.86 bits per heavy atom. The molecule has 0 saturated heterocycles. The van der Waals surface area contributed by atoms with Crippen LogP contribution in [0.3, 0.4) is 0 Å². The zero-order valence-corrected chi connectivity index (χ0v) is 14.7. The molecular formula is C22H15FN4O. The standard InChI is InChI=1S/C22H15FN4O/c23-21-11-14(6-7-24-21)22-16-9-15-10-19(25-17(15)12-18(16)26-27-22)20(28)8-13-4-2-1-3-5-13/h1-7,9-12,26-27H,8H2. The Bertz CT molecular complexity index is 1320. The Morgan fingerprint density at radius 1 is 1.00 bits per heavy atom. The largest absolute Gasteiger partial charge is 0.300 e. The number of rotatable bonds is 4. The van der Waals surface area contributed by atoms with Crippen LogP contribution in [0.15, 0.2) is 66.9 Å². The molecule has 5 nitrogen and oxygen atoms in total. The van der Waals surface area contributed by atoms with Crippen molar-refractivity contribution in [3.63, 3.8) is 0 Å². The molecule has 6 heteroatoms. The van der Waals surface area contributed by atoms with Crippen molar-refractivity contribution in [3.8, 4) is 11.3 Å². The minimum absolute atomic E-state index is 0.0194. The lowest BCUT2D eigenvalue weighted by Gasteiger charge is -1.99. The summed E-state index contributed by atoms with van der Waals surface area (Å²) < 4.78 is 13.5. The van der Waals surface area contributed by atoms with Crippen LogP contribution in [-0.2, 0) is 6.42 Å². The molecule has 2 N–H and O–H groups in total. The quantitative estimate of drug-likeness (QED) is 0.357. The predicted octanol–water partition coefficient (Wildman–Crippen LogP) is 4.67. The van der Waals surface area contributed by atoms with Gasteiger partial charge < -0.3 is 5.10 Å². The van der Waals surface area contributed by atoms with Crippen LogP contribution in [0.25, 0.3) is 33.1 Å². The maximum atomic E-state index is 13.5. The van der Waals surface area contributed by atoms with Gasteiger partial charge in [0.2, 0.25) is 5.95 Å². The number of carbonyl (C=O) groups excluding carboxylic acids is 1. The second-order valence-electron chi connectivity index (χ2n) is 6.68. The number of benzene rings is 2. The van der Waals surface area contributed by atoms with E-state index in [1.54, 1.807) is 6.07 Å². The van der Waals surface area contributed by atoms with Crippen molar-refractivity contribution in [1.82, 2.24) is 20.2 Å². The number of pyridine rings is 1. The van der Waals surface area contributed by atoms with E-state index < -0.39 is 5.95 Å². The summed E-state index contributed by atoms with van der Waals surface area (Å²) >= 11 is 0. The van der Waals surface area contributed by atoms with E-state index in [9.17, 15) is 9.18 Å². The van der Waals surface area contributed by atoms with Crippen molar-refractivity contribution < 1.29 is 9.18 Å². The number of ketones is 1. The van der Waals surface area contributed by atoms with Crippen molar-refractivity contribution in [1.29, 1.82) is 0 Å².